The number of rotatable bonds is 9. The van der Waals surface area contributed by atoms with E-state index in [1.807, 2.05) is 46.3 Å². The molecular weight excluding hydrogens is 449 g/mol. The first-order valence-corrected chi connectivity index (χ1v) is 12.4. The monoisotopic (exact) mass is 483 g/mol. The van der Waals surface area contributed by atoms with Gasteiger partial charge in [0.05, 0.1) is 5.69 Å². The van der Waals surface area contributed by atoms with Crippen LogP contribution in [0.2, 0.25) is 0 Å². The van der Waals surface area contributed by atoms with E-state index in [9.17, 15) is 22.7 Å². The number of aliphatic hydroxyl groups excluding tert-OH is 1. The maximum Gasteiger partial charge on any atom is 0.333 e. The minimum absolute atomic E-state index is 0.106. The van der Waals surface area contributed by atoms with Crippen LogP contribution in [-0.4, -0.2) is 47.3 Å². The lowest BCUT2D eigenvalue weighted by molar-refractivity contribution is 0.00287. The number of hydrogen-bond donors (Lipinski definition) is 3. The largest absolute Gasteiger partial charge is 0.372 e. The van der Waals surface area contributed by atoms with Crippen molar-refractivity contribution in [3.63, 3.8) is 0 Å². The van der Waals surface area contributed by atoms with Gasteiger partial charge in [-0.25, -0.2) is 13.9 Å². The molecule has 0 aliphatic rings. The lowest BCUT2D eigenvalue weighted by Gasteiger charge is -2.24. The Kier molecular flexibility index (Phi) is 8.61. The molecule has 1 unspecified atom stereocenters. The number of amides is 2. The van der Waals surface area contributed by atoms with Gasteiger partial charge in [0, 0.05) is 18.8 Å². The Morgan fingerprint density at radius 1 is 1.12 bits per heavy atom. The predicted octanol–water partition coefficient (Wildman–Crippen LogP) is 3.65. The number of aromatic nitrogens is 2. The van der Waals surface area contributed by atoms with Gasteiger partial charge in [-0.15, -0.1) is 0 Å². The fourth-order valence-electron chi connectivity index (χ4n) is 3.60. The second kappa shape index (κ2) is 10.6. The molecule has 1 aromatic carbocycles. The summed E-state index contributed by atoms with van der Waals surface area (Å²) in [4.78, 5) is 14.4. The lowest BCUT2D eigenvalue weighted by Crippen LogP contribution is -2.35. The molecule has 0 fully saturated rings. The number of sulfonamides is 1. The van der Waals surface area contributed by atoms with Crippen LogP contribution >= 0.6 is 0 Å². The second-order valence-corrected chi connectivity index (χ2v) is 10.1. The SMILES string of the molecule is CCN(CC)C(O)c1cc(S(=O)(=O)NC(=O)Nc2c(C(C)C)cc(F)cc2C(C)C)nn1C. The van der Waals surface area contributed by atoms with E-state index in [1.54, 1.807) is 4.90 Å². The molecule has 0 radical (unpaired) electrons. The minimum atomic E-state index is -4.33. The number of nitrogens with one attached hydrogen (secondary N) is 2. The first kappa shape index (κ1) is 26.7. The molecule has 2 aromatic rings. The fourth-order valence-corrected chi connectivity index (χ4v) is 4.51. The van der Waals surface area contributed by atoms with E-state index < -0.39 is 33.1 Å². The maximum absolute atomic E-state index is 14.1. The molecule has 0 aliphatic carbocycles. The summed E-state index contributed by atoms with van der Waals surface area (Å²) >= 11 is 0. The number of halogens is 1. The Hall–Kier alpha value is -2.50. The zero-order valence-electron chi connectivity index (χ0n) is 20.2. The number of nitrogens with zero attached hydrogens (tertiary/aromatic N) is 3. The Labute approximate surface area is 195 Å². The van der Waals surface area contributed by atoms with Crippen molar-refractivity contribution in [3.8, 4) is 0 Å². The Morgan fingerprint density at radius 2 is 1.64 bits per heavy atom. The molecule has 1 heterocycles. The van der Waals surface area contributed by atoms with Gasteiger partial charge in [0.2, 0.25) is 0 Å². The smallest absolute Gasteiger partial charge is 0.333 e. The highest BCUT2D eigenvalue weighted by Gasteiger charge is 2.27. The van der Waals surface area contributed by atoms with E-state index in [0.717, 1.165) is 0 Å². The Balaban J connectivity index is 2.33. The highest BCUT2D eigenvalue weighted by Crippen LogP contribution is 2.33. The zero-order valence-corrected chi connectivity index (χ0v) is 21.0. The average molecular weight is 484 g/mol. The summed E-state index contributed by atoms with van der Waals surface area (Å²) in [5.74, 6) is -0.635. The van der Waals surface area contributed by atoms with Crippen LogP contribution in [0.4, 0.5) is 14.9 Å². The van der Waals surface area contributed by atoms with Gasteiger partial charge in [-0.3, -0.25) is 9.58 Å². The number of aryl methyl sites for hydroxylation is 1. The number of urea groups is 1. The number of aliphatic hydroxyl groups is 1. The van der Waals surface area contributed by atoms with Crippen LogP contribution in [-0.2, 0) is 17.1 Å². The quantitative estimate of drug-likeness (QED) is 0.469. The summed E-state index contributed by atoms with van der Waals surface area (Å²) in [7, 11) is -2.81. The summed E-state index contributed by atoms with van der Waals surface area (Å²) in [6, 6.07) is 2.91. The fraction of sp³-hybridized carbons (Fsp3) is 0.545. The molecule has 0 spiro atoms. The molecule has 0 saturated heterocycles. The summed E-state index contributed by atoms with van der Waals surface area (Å²) in [5, 5.41) is 16.7. The van der Waals surface area contributed by atoms with Crippen LogP contribution in [0, 0.1) is 5.82 Å². The lowest BCUT2D eigenvalue weighted by atomic mass is 9.92. The summed E-state index contributed by atoms with van der Waals surface area (Å²) in [5.41, 5.74) is 1.79. The third-order valence-corrected chi connectivity index (χ3v) is 6.67. The molecule has 2 rings (SSSR count). The summed E-state index contributed by atoms with van der Waals surface area (Å²) in [6.45, 7) is 12.3. The first-order valence-electron chi connectivity index (χ1n) is 10.9. The molecule has 2 amide bonds. The van der Waals surface area contributed by atoms with Crippen LogP contribution in [0.5, 0.6) is 0 Å². The highest BCUT2D eigenvalue weighted by atomic mass is 32.2. The number of carbonyl (C=O) groups is 1. The Morgan fingerprint density at radius 3 is 2.09 bits per heavy atom. The van der Waals surface area contributed by atoms with Crippen molar-refractivity contribution in [3.05, 3.63) is 40.8 Å². The molecule has 0 bridgehead atoms. The van der Waals surface area contributed by atoms with E-state index in [-0.39, 0.29) is 17.5 Å². The molecular formula is C22H34FN5O4S. The first-order chi connectivity index (χ1) is 15.3. The summed E-state index contributed by atoms with van der Waals surface area (Å²) in [6.07, 6.45) is -1.04. The maximum atomic E-state index is 14.1. The third-order valence-electron chi connectivity index (χ3n) is 5.47. The van der Waals surface area contributed by atoms with Crippen LogP contribution in [0.3, 0.4) is 0 Å². The van der Waals surface area contributed by atoms with Crippen molar-refractivity contribution in [2.45, 2.75) is 64.6 Å². The van der Waals surface area contributed by atoms with Crippen molar-refractivity contribution in [1.29, 1.82) is 0 Å². The van der Waals surface area contributed by atoms with Gasteiger partial charge in [-0.1, -0.05) is 41.5 Å². The third kappa shape index (κ3) is 6.10. The van der Waals surface area contributed by atoms with Gasteiger partial charge >= 0.3 is 6.03 Å². The molecule has 11 heteroatoms. The van der Waals surface area contributed by atoms with E-state index in [4.69, 9.17) is 0 Å². The normalized spacial score (nSPS) is 13.1. The zero-order chi connectivity index (χ0) is 25.1. The van der Waals surface area contributed by atoms with Gasteiger partial charge in [-0.2, -0.15) is 13.5 Å². The van der Waals surface area contributed by atoms with Crippen molar-refractivity contribution in [1.82, 2.24) is 19.4 Å². The van der Waals surface area contributed by atoms with E-state index in [1.165, 1.54) is 29.9 Å². The predicted molar refractivity (Wildman–Crippen MR) is 125 cm³/mol. The van der Waals surface area contributed by atoms with Crippen LogP contribution < -0.4 is 10.0 Å². The molecule has 184 valence electrons. The van der Waals surface area contributed by atoms with Crippen molar-refractivity contribution >= 4 is 21.7 Å². The molecule has 0 aliphatic heterocycles. The molecule has 33 heavy (non-hydrogen) atoms. The number of anilines is 1. The van der Waals surface area contributed by atoms with Crippen molar-refractivity contribution < 1.29 is 22.7 Å². The van der Waals surface area contributed by atoms with E-state index in [2.05, 4.69) is 10.4 Å². The van der Waals surface area contributed by atoms with Crippen molar-refractivity contribution in [2.24, 2.45) is 7.05 Å². The van der Waals surface area contributed by atoms with Gasteiger partial charge in [0.1, 0.15) is 12.0 Å². The average Bonchev–Trinajstić information content (AvgIpc) is 3.11. The van der Waals surface area contributed by atoms with E-state index in [0.29, 0.717) is 29.9 Å². The molecule has 1 aromatic heterocycles. The molecule has 1 atom stereocenters. The topological polar surface area (TPSA) is 117 Å². The molecule has 9 nitrogen and oxygen atoms in total. The van der Waals surface area contributed by atoms with Gasteiger partial charge in [0.15, 0.2) is 5.03 Å². The van der Waals surface area contributed by atoms with Gasteiger partial charge in [0.25, 0.3) is 10.0 Å². The summed E-state index contributed by atoms with van der Waals surface area (Å²) < 4.78 is 43.0. The van der Waals surface area contributed by atoms with E-state index >= 15 is 0 Å². The second-order valence-electron chi connectivity index (χ2n) is 8.45. The number of hydrogen-bond acceptors (Lipinski definition) is 6. The highest BCUT2D eigenvalue weighted by molar-refractivity contribution is 7.90. The molecule has 0 saturated carbocycles. The van der Waals surface area contributed by atoms with Crippen LogP contribution in [0.1, 0.15) is 76.4 Å². The number of benzene rings is 1. The minimum Gasteiger partial charge on any atom is -0.372 e. The molecule has 3 N–H and O–H groups in total. The standard InChI is InChI=1S/C22H34FN5O4S/c1-8-28(9-2)21(29)18-12-19(25-27(18)7)33(31,32)26-22(30)24-20-16(13(3)4)10-15(23)11-17(20)14(5)6/h10-14,21,29H,8-9H2,1-7H3,(H2,24,26,30). The van der Waals surface area contributed by atoms with Crippen LogP contribution in [0.15, 0.2) is 23.2 Å². The van der Waals surface area contributed by atoms with Crippen molar-refractivity contribution in [2.75, 3.05) is 18.4 Å². The van der Waals surface area contributed by atoms with Gasteiger partial charge < -0.3 is 10.4 Å². The Bertz CT molecular complexity index is 1070. The van der Waals surface area contributed by atoms with Crippen LogP contribution in [0.25, 0.3) is 0 Å². The van der Waals surface area contributed by atoms with Gasteiger partial charge in [-0.05, 0) is 48.2 Å². The number of carbonyl (C=O) groups excluding carboxylic acids is 1.